The second-order valence-corrected chi connectivity index (χ2v) is 4.98. The molecule has 1 aliphatic rings. The number of anilines is 1. The number of hydrogen-bond acceptors (Lipinski definition) is 3. The first-order valence-corrected chi connectivity index (χ1v) is 5.37. The zero-order valence-corrected chi connectivity index (χ0v) is 9.80. The van der Waals surface area contributed by atoms with E-state index in [-0.39, 0.29) is 10.9 Å². The zero-order chi connectivity index (χ0) is 12.6. The molecule has 0 bridgehead atoms. The second kappa shape index (κ2) is 4.27. The van der Waals surface area contributed by atoms with Gasteiger partial charge in [0.1, 0.15) is 17.3 Å². The van der Waals surface area contributed by atoms with E-state index in [4.69, 9.17) is 15.0 Å². The summed E-state index contributed by atoms with van der Waals surface area (Å²) in [6.45, 7) is 4.87. The van der Waals surface area contributed by atoms with Crippen molar-refractivity contribution < 1.29 is 18.1 Å². The van der Waals surface area contributed by atoms with E-state index in [9.17, 15) is 8.78 Å². The quantitative estimate of drug-likeness (QED) is 0.595. The van der Waals surface area contributed by atoms with E-state index in [1.807, 2.05) is 13.8 Å². The van der Waals surface area contributed by atoms with E-state index in [0.29, 0.717) is 13.2 Å². The maximum atomic E-state index is 13.7. The molecule has 6 heteroatoms. The fourth-order valence-electron chi connectivity index (χ4n) is 1.64. The Balaban J connectivity index is 2.22. The van der Waals surface area contributed by atoms with Crippen molar-refractivity contribution in [2.45, 2.75) is 13.8 Å². The van der Waals surface area contributed by atoms with Gasteiger partial charge in [0.2, 0.25) is 0 Å². The van der Waals surface area contributed by atoms with Crippen LogP contribution in [-0.2, 0) is 9.31 Å². The SMILES string of the molecule is CC1(C)COB(c2ccc(F)c(N)c2F)OC1. The molecule has 0 aliphatic carbocycles. The van der Waals surface area contributed by atoms with Crippen molar-refractivity contribution in [3.8, 4) is 0 Å². The van der Waals surface area contributed by atoms with Gasteiger partial charge in [0.05, 0.1) is 0 Å². The molecule has 1 saturated heterocycles. The summed E-state index contributed by atoms with van der Waals surface area (Å²) in [6, 6.07) is 2.41. The molecule has 0 saturated carbocycles. The maximum Gasteiger partial charge on any atom is 0.497 e. The lowest BCUT2D eigenvalue weighted by Gasteiger charge is -2.33. The lowest BCUT2D eigenvalue weighted by atomic mass is 9.75. The molecule has 1 heterocycles. The predicted octanol–water partition coefficient (Wildman–Crippen LogP) is 1.32. The molecule has 3 nitrogen and oxygen atoms in total. The van der Waals surface area contributed by atoms with Crippen LogP contribution in [0, 0.1) is 17.0 Å². The number of nitrogen functional groups attached to an aromatic ring is 1. The molecular weight excluding hydrogens is 227 g/mol. The van der Waals surface area contributed by atoms with E-state index >= 15 is 0 Å². The summed E-state index contributed by atoms with van der Waals surface area (Å²) in [4.78, 5) is 0. The van der Waals surface area contributed by atoms with Gasteiger partial charge in [-0.15, -0.1) is 0 Å². The number of rotatable bonds is 1. The van der Waals surface area contributed by atoms with Gasteiger partial charge in [-0.1, -0.05) is 19.9 Å². The molecule has 0 atom stereocenters. The molecular formula is C11H14BF2NO2. The first-order valence-electron chi connectivity index (χ1n) is 5.37. The molecule has 1 aliphatic heterocycles. The Kier molecular flexibility index (Phi) is 3.10. The monoisotopic (exact) mass is 241 g/mol. The molecule has 1 aromatic carbocycles. The van der Waals surface area contributed by atoms with Gasteiger partial charge in [0, 0.05) is 24.1 Å². The van der Waals surface area contributed by atoms with Crippen LogP contribution in [0.15, 0.2) is 12.1 Å². The molecule has 0 radical (unpaired) electrons. The van der Waals surface area contributed by atoms with Gasteiger partial charge in [-0.25, -0.2) is 8.78 Å². The van der Waals surface area contributed by atoms with Crippen LogP contribution in [-0.4, -0.2) is 20.3 Å². The third-order valence-corrected chi connectivity index (χ3v) is 2.66. The Morgan fingerprint density at radius 2 is 1.82 bits per heavy atom. The Hall–Kier alpha value is -1.14. The second-order valence-electron chi connectivity index (χ2n) is 4.98. The van der Waals surface area contributed by atoms with Gasteiger partial charge in [0.15, 0.2) is 0 Å². The summed E-state index contributed by atoms with van der Waals surface area (Å²) in [5.41, 5.74) is 4.82. The van der Waals surface area contributed by atoms with E-state index < -0.39 is 24.4 Å². The molecule has 0 unspecified atom stereocenters. The van der Waals surface area contributed by atoms with Crippen LogP contribution >= 0.6 is 0 Å². The van der Waals surface area contributed by atoms with Crippen molar-refractivity contribution in [2.75, 3.05) is 18.9 Å². The molecule has 0 spiro atoms. The van der Waals surface area contributed by atoms with Crippen molar-refractivity contribution in [3.05, 3.63) is 23.8 Å². The lowest BCUT2D eigenvalue weighted by Crippen LogP contribution is -2.48. The number of nitrogens with two attached hydrogens (primary N) is 1. The predicted molar refractivity (Wildman–Crippen MR) is 61.8 cm³/mol. The van der Waals surface area contributed by atoms with Crippen molar-refractivity contribution in [1.82, 2.24) is 0 Å². The van der Waals surface area contributed by atoms with Gasteiger partial charge in [-0.05, 0) is 6.07 Å². The molecule has 92 valence electrons. The maximum absolute atomic E-state index is 13.7. The van der Waals surface area contributed by atoms with Crippen molar-refractivity contribution in [3.63, 3.8) is 0 Å². The van der Waals surface area contributed by atoms with Crippen molar-refractivity contribution in [1.29, 1.82) is 0 Å². The molecule has 1 fully saturated rings. The van der Waals surface area contributed by atoms with E-state index in [2.05, 4.69) is 0 Å². The van der Waals surface area contributed by atoms with Crippen LogP contribution in [0.5, 0.6) is 0 Å². The highest BCUT2D eigenvalue weighted by atomic mass is 19.1. The van der Waals surface area contributed by atoms with Crippen LogP contribution in [0.2, 0.25) is 0 Å². The van der Waals surface area contributed by atoms with Crippen molar-refractivity contribution >= 4 is 18.3 Å². The average molecular weight is 241 g/mol. The summed E-state index contributed by atoms with van der Waals surface area (Å²) < 4.78 is 37.5. The highest BCUT2D eigenvalue weighted by Gasteiger charge is 2.35. The van der Waals surface area contributed by atoms with Gasteiger partial charge >= 0.3 is 7.12 Å². The van der Waals surface area contributed by atoms with Gasteiger partial charge in [-0.2, -0.15) is 0 Å². The Morgan fingerprint density at radius 3 is 2.41 bits per heavy atom. The van der Waals surface area contributed by atoms with Crippen LogP contribution in [0.25, 0.3) is 0 Å². The lowest BCUT2D eigenvalue weighted by molar-refractivity contribution is 0.0340. The molecule has 0 aromatic heterocycles. The average Bonchev–Trinajstić information content (AvgIpc) is 2.27. The van der Waals surface area contributed by atoms with Crippen LogP contribution in [0.1, 0.15) is 13.8 Å². The largest absolute Gasteiger partial charge is 0.497 e. The van der Waals surface area contributed by atoms with Gasteiger partial charge in [-0.3, -0.25) is 0 Å². The summed E-state index contributed by atoms with van der Waals surface area (Å²) in [7, 11) is -0.814. The fraction of sp³-hybridized carbons (Fsp3) is 0.455. The first kappa shape index (κ1) is 12.3. The summed E-state index contributed by atoms with van der Waals surface area (Å²) >= 11 is 0. The van der Waals surface area contributed by atoms with Crippen LogP contribution in [0.4, 0.5) is 14.5 Å². The molecule has 1 aromatic rings. The third kappa shape index (κ3) is 2.42. The summed E-state index contributed by atoms with van der Waals surface area (Å²) in [6.07, 6.45) is 0. The number of benzene rings is 1. The molecule has 17 heavy (non-hydrogen) atoms. The normalized spacial score (nSPS) is 19.4. The Labute approximate surface area is 99.0 Å². The van der Waals surface area contributed by atoms with Crippen molar-refractivity contribution in [2.24, 2.45) is 5.41 Å². The third-order valence-electron chi connectivity index (χ3n) is 2.66. The highest BCUT2D eigenvalue weighted by molar-refractivity contribution is 6.61. The van der Waals surface area contributed by atoms with Gasteiger partial charge in [0.25, 0.3) is 0 Å². The minimum absolute atomic E-state index is 0.0987. The Bertz CT molecular complexity index is 430. The molecule has 2 N–H and O–H groups in total. The molecule has 0 amide bonds. The smallest absolute Gasteiger partial charge is 0.407 e. The van der Waals surface area contributed by atoms with E-state index in [1.54, 1.807) is 0 Å². The highest BCUT2D eigenvalue weighted by Crippen LogP contribution is 2.22. The fourth-order valence-corrected chi connectivity index (χ4v) is 1.64. The number of halogens is 2. The standard InChI is InChI=1S/C11H14BF2NO2/c1-11(2)5-16-12(17-6-11)7-3-4-8(13)10(15)9(7)14/h3-4H,5-6,15H2,1-2H3. The van der Waals surface area contributed by atoms with E-state index in [0.717, 1.165) is 6.07 Å². The van der Waals surface area contributed by atoms with Gasteiger partial charge < -0.3 is 15.0 Å². The van der Waals surface area contributed by atoms with E-state index in [1.165, 1.54) is 6.07 Å². The minimum atomic E-state index is -0.814. The summed E-state index contributed by atoms with van der Waals surface area (Å²) in [5.74, 6) is -1.59. The van der Waals surface area contributed by atoms with Crippen LogP contribution < -0.4 is 11.2 Å². The molecule has 2 rings (SSSR count). The zero-order valence-electron chi connectivity index (χ0n) is 9.80. The Morgan fingerprint density at radius 1 is 1.24 bits per heavy atom. The summed E-state index contributed by atoms with van der Waals surface area (Å²) in [5, 5.41) is 0. The van der Waals surface area contributed by atoms with Crippen LogP contribution in [0.3, 0.4) is 0 Å². The number of hydrogen-bond donors (Lipinski definition) is 1. The topological polar surface area (TPSA) is 44.5 Å². The first-order chi connectivity index (χ1) is 7.91. The minimum Gasteiger partial charge on any atom is -0.407 e.